The summed E-state index contributed by atoms with van der Waals surface area (Å²) in [6.45, 7) is -10.9. The molecule has 0 aliphatic carbocycles. The second-order valence-corrected chi connectivity index (χ2v) is 1.01. The zero-order chi connectivity index (χ0) is 15.2. The van der Waals surface area contributed by atoms with Gasteiger partial charge in [-0.15, -0.1) is 0 Å². The lowest BCUT2D eigenvalue weighted by molar-refractivity contribution is 0.0262. The maximum Gasteiger partial charge on any atom is 0.121 e. The number of ether oxygens (including phenoxy) is 1. The number of alkyl halides is 1. The van der Waals surface area contributed by atoms with Crippen molar-refractivity contribution in [3.63, 3.8) is 0 Å². The van der Waals surface area contributed by atoms with Gasteiger partial charge in [-0.05, 0) is 20.6 Å². The topological polar surface area (TPSA) is 9.23 Å². The molecule has 0 aliphatic heterocycles. The molecule has 0 heterocycles. The molecule has 0 bridgehead atoms. The summed E-state index contributed by atoms with van der Waals surface area (Å²) in [5, 5.41) is 0. The summed E-state index contributed by atoms with van der Waals surface area (Å²) in [6, 6.07) is -3.25. The van der Waals surface area contributed by atoms with E-state index in [0.717, 1.165) is 0 Å². The first-order valence-electron chi connectivity index (χ1n) is 6.85. The molecule has 0 saturated heterocycles. The monoisotopic (exact) mass is 133 g/mol. The molecule has 0 unspecified atom stereocenters. The molecule has 0 rings (SSSR count). The van der Waals surface area contributed by atoms with E-state index in [9.17, 15) is 0 Å². The summed E-state index contributed by atoms with van der Waals surface area (Å²) >= 11 is 5.00. The fraction of sp³-hybridized carbons (Fsp3) is 1.00. The van der Waals surface area contributed by atoms with Gasteiger partial charge in [-0.1, -0.05) is 11.6 Å². The first-order valence-corrected chi connectivity index (χ1v) is 1.73. The van der Waals surface area contributed by atoms with E-state index in [0.29, 0.717) is 0 Å². The van der Waals surface area contributed by atoms with Gasteiger partial charge in [0.2, 0.25) is 0 Å². The van der Waals surface area contributed by atoms with Crippen LogP contribution in [-0.2, 0) is 4.74 Å². The van der Waals surface area contributed by atoms with Gasteiger partial charge in [0, 0.05) is 12.3 Å². The average Bonchev–Trinajstić information content (AvgIpc) is 1.90. The Hall–Kier alpha value is 0.250. The molecule has 1 nitrogen and oxygen atoms in total. The highest BCUT2D eigenvalue weighted by Crippen LogP contribution is 2.05. The van der Waals surface area contributed by atoms with Crippen LogP contribution < -0.4 is 0 Å². The SMILES string of the molecule is [2H]C([2H])(Cl)OC(C([2H])([2H])[2H])(C([2H])([2H])[2H])C([2H])([2H])[2H]. The molecular formula is C5H11ClO. The maximum atomic E-state index is 7.09. The largest absolute Gasteiger partial charge is 0.360 e. The predicted molar refractivity (Wildman–Crippen MR) is 31.6 cm³/mol. The zero-order valence-electron chi connectivity index (χ0n) is 14.3. The van der Waals surface area contributed by atoms with Crippen LogP contribution in [0.25, 0.3) is 0 Å². The summed E-state index contributed by atoms with van der Waals surface area (Å²) in [6.07, 6.45) is 0. The van der Waals surface area contributed by atoms with Crippen LogP contribution in [0, 0.1) is 0 Å². The Kier molecular flexibility index (Phi) is 0.344. The normalized spacial score (nSPS) is 42.7. The van der Waals surface area contributed by atoms with E-state index >= 15 is 0 Å². The summed E-state index contributed by atoms with van der Waals surface area (Å²) < 4.78 is 81.7. The van der Waals surface area contributed by atoms with Crippen molar-refractivity contribution >= 4 is 11.6 Å². The molecular weight excluding hydrogens is 112 g/mol. The number of hydrogen-bond acceptors (Lipinski definition) is 1. The highest BCUT2D eigenvalue weighted by Gasteiger charge is 2.07. The molecule has 0 fully saturated rings. The van der Waals surface area contributed by atoms with E-state index < -0.39 is 32.2 Å². The van der Waals surface area contributed by atoms with Crippen molar-refractivity contribution in [3.05, 3.63) is 0 Å². The Morgan fingerprint density at radius 2 is 2.43 bits per heavy atom. The Labute approximate surface area is 65.1 Å². The van der Waals surface area contributed by atoms with Crippen molar-refractivity contribution in [3.8, 4) is 0 Å². The highest BCUT2D eigenvalue weighted by molar-refractivity contribution is 6.17. The van der Waals surface area contributed by atoms with E-state index in [1.165, 1.54) is 0 Å². The Bertz CT molecular complexity index is 256. The van der Waals surface area contributed by atoms with Crippen LogP contribution in [0.2, 0.25) is 0 Å². The van der Waals surface area contributed by atoms with Crippen LogP contribution >= 0.6 is 11.6 Å². The van der Waals surface area contributed by atoms with E-state index in [1.807, 2.05) is 0 Å². The van der Waals surface area contributed by atoms with Crippen molar-refractivity contribution in [2.45, 2.75) is 26.2 Å². The molecule has 7 heavy (non-hydrogen) atoms. The third kappa shape index (κ3) is 6.25. The Morgan fingerprint density at radius 1 is 1.86 bits per heavy atom. The standard InChI is InChI=1S/C5H11ClO/c1-5(2,3)7-4-6/h4H2,1-3H3/i1D3,2D3,3D3,4D2. The molecule has 0 spiro atoms. The van der Waals surface area contributed by atoms with Crippen LogP contribution in [-0.4, -0.2) is 11.6 Å². The lowest BCUT2D eigenvalue weighted by atomic mass is 10.2. The second kappa shape index (κ2) is 2.53. The third-order valence-electron chi connectivity index (χ3n) is 0.192. The van der Waals surface area contributed by atoms with Crippen LogP contribution in [0.3, 0.4) is 0 Å². The second-order valence-electron chi connectivity index (χ2n) is 0.860. The molecule has 2 heteroatoms. The first kappa shape index (κ1) is 0.952. The molecule has 0 radical (unpaired) electrons. The van der Waals surface area contributed by atoms with Gasteiger partial charge in [-0.25, -0.2) is 0 Å². The third-order valence-corrected chi connectivity index (χ3v) is 0.269. The lowest BCUT2D eigenvalue weighted by Crippen LogP contribution is -2.17. The van der Waals surface area contributed by atoms with Gasteiger partial charge < -0.3 is 4.74 Å². The molecule has 0 aromatic rings. The van der Waals surface area contributed by atoms with Gasteiger partial charge in [0.15, 0.2) is 0 Å². The molecule has 0 aliphatic rings. The van der Waals surface area contributed by atoms with E-state index in [1.54, 1.807) is 0 Å². The van der Waals surface area contributed by atoms with Crippen molar-refractivity contribution in [2.24, 2.45) is 0 Å². The van der Waals surface area contributed by atoms with E-state index in [-0.39, 0.29) is 0 Å². The fourth-order valence-corrected chi connectivity index (χ4v) is 0.174. The van der Waals surface area contributed by atoms with Crippen molar-refractivity contribution in [1.82, 2.24) is 0 Å². The van der Waals surface area contributed by atoms with Crippen LogP contribution in [0.5, 0.6) is 0 Å². The van der Waals surface area contributed by atoms with Crippen molar-refractivity contribution in [2.75, 3.05) is 6.02 Å². The molecule has 0 aromatic carbocycles. The van der Waals surface area contributed by atoms with Crippen LogP contribution in [0.1, 0.15) is 35.6 Å². The van der Waals surface area contributed by atoms with Gasteiger partial charge >= 0.3 is 0 Å². The van der Waals surface area contributed by atoms with Crippen LogP contribution in [0.15, 0.2) is 0 Å². The van der Waals surface area contributed by atoms with Crippen molar-refractivity contribution in [1.29, 1.82) is 0 Å². The van der Waals surface area contributed by atoms with Gasteiger partial charge in [0.1, 0.15) is 6.02 Å². The molecule has 0 atom stereocenters. The van der Waals surface area contributed by atoms with Gasteiger partial charge in [-0.2, -0.15) is 0 Å². The quantitative estimate of drug-likeness (QED) is 0.498. The van der Waals surface area contributed by atoms with E-state index in [4.69, 9.17) is 26.7 Å². The van der Waals surface area contributed by atoms with Crippen molar-refractivity contribution < 1.29 is 19.8 Å². The predicted octanol–water partition coefficient (Wildman–Crippen LogP) is 2.00. The number of halogens is 1. The zero-order valence-corrected chi connectivity index (χ0v) is 4.04. The first-order chi connectivity index (χ1) is 7.46. The molecule has 44 valence electrons. The number of hydrogen-bond donors (Lipinski definition) is 0. The number of rotatable bonds is 1. The Morgan fingerprint density at radius 3 is 2.57 bits per heavy atom. The molecule has 0 N–H and O–H groups in total. The maximum absolute atomic E-state index is 7.09. The lowest BCUT2D eigenvalue weighted by Gasteiger charge is -2.16. The van der Waals surface area contributed by atoms with Gasteiger partial charge in [0.25, 0.3) is 0 Å². The van der Waals surface area contributed by atoms with E-state index in [2.05, 4.69) is 4.74 Å². The minimum absolute atomic E-state index is 3.25. The average molecular weight is 134 g/mol. The van der Waals surface area contributed by atoms with Gasteiger partial charge in [-0.3, -0.25) is 0 Å². The smallest absolute Gasteiger partial charge is 0.121 e. The molecule has 0 aromatic heterocycles. The minimum Gasteiger partial charge on any atom is -0.360 e. The summed E-state index contributed by atoms with van der Waals surface area (Å²) in [5.41, 5.74) is -3.71. The molecule has 0 saturated carbocycles. The summed E-state index contributed by atoms with van der Waals surface area (Å²) in [4.78, 5) is 0. The minimum atomic E-state index is -3.71. The fourth-order valence-electron chi connectivity index (χ4n) is 0.0579. The summed E-state index contributed by atoms with van der Waals surface area (Å²) in [5.74, 6) is 0. The summed E-state index contributed by atoms with van der Waals surface area (Å²) in [7, 11) is 0. The van der Waals surface area contributed by atoms with Crippen LogP contribution in [0.4, 0.5) is 0 Å². The van der Waals surface area contributed by atoms with Gasteiger partial charge in [0.05, 0.1) is 8.34 Å². The highest BCUT2D eigenvalue weighted by atomic mass is 35.5. The Balaban J connectivity index is 6.10. The molecule has 0 amide bonds.